The molecule has 1 rings (SSSR count). The second kappa shape index (κ2) is 4.44. The summed E-state index contributed by atoms with van der Waals surface area (Å²) >= 11 is 0. The van der Waals surface area contributed by atoms with Crippen LogP contribution < -0.4 is 0 Å². The van der Waals surface area contributed by atoms with Crippen LogP contribution >= 0.6 is 0 Å². The summed E-state index contributed by atoms with van der Waals surface area (Å²) in [5.41, 5.74) is 0. The van der Waals surface area contributed by atoms with Gasteiger partial charge in [0.2, 0.25) is 0 Å². The fraction of sp³-hybridized carbons (Fsp3) is 0.714. The van der Waals surface area contributed by atoms with Crippen LogP contribution in [0.4, 0.5) is 0 Å². The molecule has 0 aromatic carbocycles. The summed E-state index contributed by atoms with van der Waals surface area (Å²) in [5, 5.41) is 0. The maximum absolute atomic E-state index is 5.09. The van der Waals surface area contributed by atoms with Gasteiger partial charge in [0.05, 0.1) is 19.8 Å². The van der Waals surface area contributed by atoms with E-state index in [1.165, 1.54) is 0 Å². The Bertz CT molecular complexity index is 97.0. The van der Waals surface area contributed by atoms with E-state index in [-0.39, 0.29) is 0 Å². The van der Waals surface area contributed by atoms with Gasteiger partial charge in [-0.15, -0.1) is 6.58 Å². The van der Waals surface area contributed by atoms with Crippen LogP contribution in [0, 0.1) is 0 Å². The fourth-order valence-electron chi connectivity index (χ4n) is 0.709. The molecule has 0 radical (unpaired) electrons. The second-order valence-electron chi connectivity index (χ2n) is 2.01. The van der Waals surface area contributed by atoms with E-state index in [0.717, 1.165) is 19.6 Å². The quantitative estimate of drug-likeness (QED) is 0.551. The van der Waals surface area contributed by atoms with Gasteiger partial charge in [-0.05, 0) is 6.42 Å². The lowest BCUT2D eigenvalue weighted by atomic mass is 10.5. The van der Waals surface area contributed by atoms with Gasteiger partial charge in [0.1, 0.15) is 0 Å². The molecule has 0 aliphatic carbocycles. The van der Waals surface area contributed by atoms with Crippen molar-refractivity contribution in [3.8, 4) is 0 Å². The molecule has 0 spiro atoms. The van der Waals surface area contributed by atoms with E-state index in [1.807, 2.05) is 0 Å². The Balaban J connectivity index is 2.07. The molecule has 1 saturated heterocycles. The molecule has 0 saturated carbocycles. The molecule has 1 aliphatic heterocycles. The zero-order valence-electron chi connectivity index (χ0n) is 5.91. The Morgan fingerprint density at radius 1 is 1.50 bits per heavy atom. The molecular formula is C7H12O3. The molecule has 1 fully saturated rings. The van der Waals surface area contributed by atoms with Crippen LogP contribution in [0.1, 0.15) is 6.42 Å². The molecule has 0 unspecified atom stereocenters. The Morgan fingerprint density at radius 2 is 2.20 bits per heavy atom. The molecule has 1 heterocycles. The van der Waals surface area contributed by atoms with Crippen molar-refractivity contribution in [2.45, 2.75) is 12.9 Å². The van der Waals surface area contributed by atoms with E-state index in [4.69, 9.17) is 14.2 Å². The van der Waals surface area contributed by atoms with Crippen LogP contribution in [0.2, 0.25) is 0 Å². The topological polar surface area (TPSA) is 27.7 Å². The smallest absolute Gasteiger partial charge is 0.271 e. The van der Waals surface area contributed by atoms with Crippen LogP contribution in [0.5, 0.6) is 0 Å². The lowest BCUT2D eigenvalue weighted by Gasteiger charge is -2.22. The second-order valence-corrected chi connectivity index (χ2v) is 2.01. The van der Waals surface area contributed by atoms with E-state index < -0.39 is 6.48 Å². The molecule has 0 aromatic heterocycles. The maximum Gasteiger partial charge on any atom is 0.271 e. The average molecular weight is 144 g/mol. The van der Waals surface area contributed by atoms with Crippen molar-refractivity contribution in [1.29, 1.82) is 0 Å². The van der Waals surface area contributed by atoms with Crippen molar-refractivity contribution < 1.29 is 14.2 Å². The SMILES string of the molecule is C=CCOC1OCCCO1. The third-order valence-corrected chi connectivity index (χ3v) is 1.15. The first kappa shape index (κ1) is 7.72. The van der Waals surface area contributed by atoms with Gasteiger partial charge in [-0.3, -0.25) is 0 Å². The number of hydrogen-bond donors (Lipinski definition) is 0. The molecule has 10 heavy (non-hydrogen) atoms. The third-order valence-electron chi connectivity index (χ3n) is 1.15. The summed E-state index contributed by atoms with van der Waals surface area (Å²) in [6.45, 7) is 4.97. The zero-order valence-corrected chi connectivity index (χ0v) is 5.91. The summed E-state index contributed by atoms with van der Waals surface area (Å²) < 4.78 is 15.2. The van der Waals surface area contributed by atoms with E-state index in [0.29, 0.717) is 6.61 Å². The van der Waals surface area contributed by atoms with Crippen molar-refractivity contribution in [2.75, 3.05) is 19.8 Å². The highest BCUT2D eigenvalue weighted by Crippen LogP contribution is 2.05. The van der Waals surface area contributed by atoms with Crippen LogP contribution in [0.3, 0.4) is 0 Å². The van der Waals surface area contributed by atoms with Crippen LogP contribution in [0.15, 0.2) is 12.7 Å². The highest BCUT2D eigenvalue weighted by Gasteiger charge is 2.12. The molecule has 0 aromatic rings. The first-order chi connectivity index (χ1) is 4.93. The molecule has 0 N–H and O–H groups in total. The van der Waals surface area contributed by atoms with E-state index in [2.05, 4.69) is 6.58 Å². The van der Waals surface area contributed by atoms with Gasteiger partial charge < -0.3 is 14.2 Å². The van der Waals surface area contributed by atoms with Gasteiger partial charge in [-0.1, -0.05) is 6.08 Å². The van der Waals surface area contributed by atoms with Crippen molar-refractivity contribution in [1.82, 2.24) is 0 Å². The summed E-state index contributed by atoms with van der Waals surface area (Å²) in [6.07, 6.45) is 2.62. The summed E-state index contributed by atoms with van der Waals surface area (Å²) in [4.78, 5) is 0. The molecule has 3 nitrogen and oxygen atoms in total. The van der Waals surface area contributed by atoms with Crippen LogP contribution in [-0.2, 0) is 14.2 Å². The van der Waals surface area contributed by atoms with Crippen LogP contribution in [-0.4, -0.2) is 26.3 Å². The Labute approximate surface area is 60.6 Å². The van der Waals surface area contributed by atoms with E-state index in [9.17, 15) is 0 Å². The zero-order chi connectivity index (χ0) is 7.23. The minimum Gasteiger partial charge on any atom is -0.330 e. The van der Waals surface area contributed by atoms with Gasteiger partial charge >= 0.3 is 0 Å². The van der Waals surface area contributed by atoms with Crippen molar-refractivity contribution in [2.24, 2.45) is 0 Å². The molecule has 0 bridgehead atoms. The predicted molar refractivity (Wildman–Crippen MR) is 36.5 cm³/mol. The van der Waals surface area contributed by atoms with E-state index in [1.54, 1.807) is 6.08 Å². The molecule has 0 amide bonds. The van der Waals surface area contributed by atoms with Gasteiger partial charge in [-0.2, -0.15) is 0 Å². The van der Waals surface area contributed by atoms with Crippen molar-refractivity contribution in [3.05, 3.63) is 12.7 Å². The lowest BCUT2D eigenvalue weighted by Crippen LogP contribution is -2.27. The highest BCUT2D eigenvalue weighted by molar-refractivity contribution is 4.63. The number of ether oxygens (including phenoxy) is 3. The molecular weight excluding hydrogens is 132 g/mol. The monoisotopic (exact) mass is 144 g/mol. The third kappa shape index (κ3) is 2.47. The molecule has 58 valence electrons. The molecule has 3 heteroatoms. The van der Waals surface area contributed by atoms with Gasteiger partial charge in [0.15, 0.2) is 0 Å². The molecule has 0 atom stereocenters. The predicted octanol–water partition coefficient (Wildman–Crippen LogP) is 0.909. The minimum atomic E-state index is -0.466. The van der Waals surface area contributed by atoms with Gasteiger partial charge in [-0.25, -0.2) is 0 Å². The first-order valence-corrected chi connectivity index (χ1v) is 3.39. The summed E-state index contributed by atoms with van der Waals surface area (Å²) in [6, 6.07) is 0. The normalized spacial score (nSPS) is 20.8. The van der Waals surface area contributed by atoms with Crippen molar-refractivity contribution in [3.63, 3.8) is 0 Å². The average Bonchev–Trinajstić information content (AvgIpc) is 2.03. The minimum absolute atomic E-state index is 0.466. The van der Waals surface area contributed by atoms with E-state index >= 15 is 0 Å². The number of rotatable bonds is 3. The first-order valence-electron chi connectivity index (χ1n) is 3.39. The van der Waals surface area contributed by atoms with Crippen molar-refractivity contribution >= 4 is 0 Å². The Kier molecular flexibility index (Phi) is 3.43. The summed E-state index contributed by atoms with van der Waals surface area (Å²) in [7, 11) is 0. The van der Waals surface area contributed by atoms with Gasteiger partial charge in [0, 0.05) is 0 Å². The van der Waals surface area contributed by atoms with Gasteiger partial charge in [0.25, 0.3) is 6.48 Å². The fourth-order valence-corrected chi connectivity index (χ4v) is 0.709. The largest absolute Gasteiger partial charge is 0.330 e. The maximum atomic E-state index is 5.09. The molecule has 1 aliphatic rings. The standard InChI is InChI=1S/C7H12O3/c1-2-4-8-7-9-5-3-6-10-7/h2,7H,1,3-6H2. The summed E-state index contributed by atoms with van der Waals surface area (Å²) in [5.74, 6) is 0. The lowest BCUT2D eigenvalue weighted by molar-refractivity contribution is -0.306. The highest BCUT2D eigenvalue weighted by atomic mass is 16.8. The number of hydrogen-bond acceptors (Lipinski definition) is 3. The van der Waals surface area contributed by atoms with Crippen LogP contribution in [0.25, 0.3) is 0 Å². The Hall–Kier alpha value is -0.380. The Morgan fingerprint density at radius 3 is 2.80 bits per heavy atom.